The quantitative estimate of drug-likeness (QED) is 0.517. The molecule has 0 N–H and O–H groups in total. The Hall–Kier alpha value is -3.39. The molecule has 0 bridgehead atoms. The summed E-state index contributed by atoms with van der Waals surface area (Å²) in [5.74, 6) is 2.07. The number of aromatic nitrogens is 2. The van der Waals surface area contributed by atoms with E-state index < -0.39 is 0 Å². The number of hydrogen-bond donors (Lipinski definition) is 0. The van der Waals surface area contributed by atoms with Gasteiger partial charge in [-0.1, -0.05) is 28.9 Å². The Balaban J connectivity index is 1.63. The van der Waals surface area contributed by atoms with Crippen LogP contribution in [0.2, 0.25) is 0 Å². The summed E-state index contributed by atoms with van der Waals surface area (Å²) in [7, 11) is 4.62. The van der Waals surface area contributed by atoms with E-state index in [2.05, 4.69) is 15.0 Å². The first kappa shape index (κ1) is 21.8. The molecule has 1 atom stereocenters. The topological polar surface area (TPSA) is 86.9 Å². The largest absolute Gasteiger partial charge is 0.493 e. The van der Waals surface area contributed by atoms with Crippen LogP contribution in [0.3, 0.4) is 0 Å². The molecule has 0 spiro atoms. The van der Waals surface area contributed by atoms with Crippen molar-refractivity contribution in [1.29, 1.82) is 0 Å². The maximum absolute atomic E-state index is 12.2. The summed E-state index contributed by atoms with van der Waals surface area (Å²) in [6, 6.07) is 11.7. The van der Waals surface area contributed by atoms with Crippen LogP contribution in [0.1, 0.15) is 35.0 Å². The number of nitrogens with zero attached hydrogens (tertiary/aromatic N) is 3. The highest BCUT2D eigenvalue weighted by atomic mass is 16.5. The van der Waals surface area contributed by atoms with Gasteiger partial charge >= 0.3 is 5.97 Å². The lowest BCUT2D eigenvalue weighted by Crippen LogP contribution is -2.36. The van der Waals surface area contributed by atoms with Crippen LogP contribution < -0.4 is 9.47 Å². The van der Waals surface area contributed by atoms with Crippen molar-refractivity contribution < 1.29 is 23.5 Å². The number of ether oxygens (including phenoxy) is 3. The van der Waals surface area contributed by atoms with E-state index in [-0.39, 0.29) is 18.4 Å². The molecule has 0 saturated heterocycles. The Morgan fingerprint density at radius 1 is 1.16 bits per heavy atom. The summed E-state index contributed by atoms with van der Waals surface area (Å²) in [5, 5.41) is 4.15. The van der Waals surface area contributed by atoms with E-state index in [1.165, 1.54) is 7.11 Å². The van der Waals surface area contributed by atoms with E-state index in [1.807, 2.05) is 43.3 Å². The lowest BCUT2D eigenvalue weighted by Gasteiger charge is -2.36. The molecule has 2 heterocycles. The van der Waals surface area contributed by atoms with Crippen molar-refractivity contribution in [2.75, 3.05) is 27.9 Å². The Bertz CT molecular complexity index is 1110. The van der Waals surface area contributed by atoms with Crippen LogP contribution >= 0.6 is 0 Å². The summed E-state index contributed by atoms with van der Waals surface area (Å²) in [6.45, 7) is 3.18. The summed E-state index contributed by atoms with van der Waals surface area (Å²) < 4.78 is 21.5. The fraction of sp³-hybridized carbons (Fsp3) is 0.375. The first-order valence-corrected chi connectivity index (χ1v) is 10.5. The number of benzene rings is 2. The molecule has 2 aromatic carbocycles. The first-order chi connectivity index (χ1) is 15.5. The van der Waals surface area contributed by atoms with Gasteiger partial charge in [-0.25, -0.2) is 0 Å². The van der Waals surface area contributed by atoms with Crippen molar-refractivity contribution in [3.05, 3.63) is 59.0 Å². The molecule has 1 aliphatic heterocycles. The molecule has 0 saturated carbocycles. The summed E-state index contributed by atoms with van der Waals surface area (Å²) in [4.78, 5) is 19.0. The Morgan fingerprint density at radius 3 is 2.66 bits per heavy atom. The van der Waals surface area contributed by atoms with Crippen molar-refractivity contribution in [3.63, 3.8) is 0 Å². The van der Waals surface area contributed by atoms with Crippen LogP contribution in [0.4, 0.5) is 0 Å². The number of carbonyl (C=O) groups is 1. The average Bonchev–Trinajstić information content (AvgIpc) is 3.28. The predicted octanol–water partition coefficient (Wildman–Crippen LogP) is 3.72. The highest BCUT2D eigenvalue weighted by molar-refractivity contribution is 5.70. The van der Waals surface area contributed by atoms with Crippen molar-refractivity contribution >= 4 is 5.97 Å². The van der Waals surface area contributed by atoms with Crippen molar-refractivity contribution in [1.82, 2.24) is 15.0 Å². The zero-order valence-electron chi connectivity index (χ0n) is 18.8. The van der Waals surface area contributed by atoms with Crippen molar-refractivity contribution in [2.24, 2.45) is 0 Å². The minimum Gasteiger partial charge on any atom is -0.493 e. The minimum atomic E-state index is -0.284. The average molecular weight is 437 g/mol. The lowest BCUT2D eigenvalue weighted by molar-refractivity contribution is -0.142. The molecular weight excluding hydrogens is 410 g/mol. The SMILES string of the molecule is COC(=O)C[C@@H]1c2cc(OC)c(OC)cc2CCN1Cc1nc(-c2cccc(C)c2)no1. The Kier molecular flexibility index (Phi) is 6.41. The lowest BCUT2D eigenvalue weighted by atomic mass is 9.90. The third-order valence-corrected chi connectivity index (χ3v) is 5.78. The van der Waals surface area contributed by atoms with Gasteiger partial charge in [0.1, 0.15) is 0 Å². The maximum Gasteiger partial charge on any atom is 0.307 e. The third kappa shape index (κ3) is 4.45. The van der Waals surface area contributed by atoms with E-state index in [9.17, 15) is 4.79 Å². The van der Waals surface area contributed by atoms with Gasteiger partial charge in [-0.2, -0.15) is 4.98 Å². The number of fused-ring (bicyclic) bond motifs is 1. The predicted molar refractivity (Wildman–Crippen MR) is 118 cm³/mol. The first-order valence-electron chi connectivity index (χ1n) is 10.5. The fourth-order valence-electron chi connectivity index (χ4n) is 4.14. The van der Waals surface area contributed by atoms with E-state index >= 15 is 0 Å². The zero-order chi connectivity index (χ0) is 22.7. The van der Waals surface area contributed by atoms with Gasteiger partial charge in [0.15, 0.2) is 11.5 Å². The molecule has 32 heavy (non-hydrogen) atoms. The summed E-state index contributed by atoms with van der Waals surface area (Å²) in [5.41, 5.74) is 4.17. The Morgan fingerprint density at radius 2 is 1.94 bits per heavy atom. The van der Waals surface area contributed by atoms with Crippen LogP contribution in [0.15, 0.2) is 40.9 Å². The molecule has 8 heteroatoms. The number of rotatable bonds is 7. The van der Waals surface area contributed by atoms with E-state index in [0.717, 1.165) is 35.2 Å². The Labute approximate surface area is 187 Å². The number of hydrogen-bond acceptors (Lipinski definition) is 8. The number of carbonyl (C=O) groups excluding carboxylic acids is 1. The molecule has 0 aliphatic carbocycles. The molecule has 8 nitrogen and oxygen atoms in total. The number of methoxy groups -OCH3 is 3. The molecule has 4 rings (SSSR count). The second-order valence-corrected chi connectivity index (χ2v) is 7.80. The molecule has 0 amide bonds. The fourth-order valence-corrected chi connectivity index (χ4v) is 4.14. The van der Waals surface area contributed by atoms with Crippen LogP contribution in [-0.4, -0.2) is 48.9 Å². The molecule has 168 valence electrons. The second-order valence-electron chi connectivity index (χ2n) is 7.80. The van der Waals surface area contributed by atoms with Gasteiger partial charge in [0, 0.05) is 18.2 Å². The molecular formula is C24H27N3O5. The molecule has 1 aromatic heterocycles. The van der Waals surface area contributed by atoms with Gasteiger partial charge in [-0.3, -0.25) is 9.69 Å². The second kappa shape index (κ2) is 9.40. The maximum atomic E-state index is 12.2. The van der Waals surface area contributed by atoms with Crippen LogP contribution in [-0.2, 0) is 22.5 Å². The standard InChI is InChI=1S/C24H27N3O5/c1-15-6-5-7-17(10-15)24-25-22(32-26-24)14-27-9-8-16-11-20(29-2)21(30-3)12-18(16)19(27)13-23(28)31-4/h5-7,10-12,19H,8-9,13-14H2,1-4H3/t19-/m1/s1. The molecule has 0 radical (unpaired) electrons. The van der Waals surface area contributed by atoms with Gasteiger partial charge < -0.3 is 18.7 Å². The molecule has 1 aliphatic rings. The van der Waals surface area contributed by atoms with Gasteiger partial charge in [0.05, 0.1) is 34.3 Å². The van der Waals surface area contributed by atoms with Crippen molar-refractivity contribution in [3.8, 4) is 22.9 Å². The minimum absolute atomic E-state index is 0.206. The van der Waals surface area contributed by atoms with E-state index in [1.54, 1.807) is 14.2 Å². The van der Waals surface area contributed by atoms with E-state index in [4.69, 9.17) is 18.7 Å². The number of esters is 1. The van der Waals surface area contributed by atoms with E-state index in [0.29, 0.717) is 29.8 Å². The van der Waals surface area contributed by atoms with Gasteiger partial charge in [0.2, 0.25) is 11.7 Å². The van der Waals surface area contributed by atoms with Crippen LogP contribution in [0.5, 0.6) is 11.5 Å². The normalized spacial score (nSPS) is 15.8. The summed E-state index contributed by atoms with van der Waals surface area (Å²) >= 11 is 0. The highest BCUT2D eigenvalue weighted by Gasteiger charge is 2.32. The van der Waals surface area contributed by atoms with Gasteiger partial charge in [-0.05, 0) is 42.7 Å². The van der Waals surface area contributed by atoms with Gasteiger partial charge in [0.25, 0.3) is 0 Å². The highest BCUT2D eigenvalue weighted by Crippen LogP contribution is 2.40. The van der Waals surface area contributed by atoms with Crippen LogP contribution in [0, 0.1) is 6.92 Å². The van der Waals surface area contributed by atoms with Gasteiger partial charge in [-0.15, -0.1) is 0 Å². The third-order valence-electron chi connectivity index (χ3n) is 5.78. The van der Waals surface area contributed by atoms with Crippen molar-refractivity contribution in [2.45, 2.75) is 32.4 Å². The molecule has 0 unspecified atom stereocenters. The molecule has 0 fully saturated rings. The zero-order valence-corrected chi connectivity index (χ0v) is 18.8. The summed E-state index contributed by atoms with van der Waals surface area (Å²) in [6.07, 6.45) is 1.00. The monoisotopic (exact) mass is 437 g/mol. The van der Waals surface area contributed by atoms with Crippen LogP contribution in [0.25, 0.3) is 11.4 Å². The molecule has 3 aromatic rings. The smallest absolute Gasteiger partial charge is 0.307 e. The number of aryl methyl sites for hydroxylation is 1.